The Hall–Kier alpha value is -0.160. The fraction of sp³-hybridized carbons (Fsp3) is 1.00. The largest absolute Gasteiger partial charge is 0.330 e. The van der Waals surface area contributed by atoms with Crippen molar-refractivity contribution in [3.05, 3.63) is 0 Å². The second-order valence-electron chi connectivity index (χ2n) is 6.41. The molecule has 0 aliphatic heterocycles. The summed E-state index contributed by atoms with van der Waals surface area (Å²) in [5.41, 5.74) is 11.4. The SMILES string of the molecule is CC(C)(CCC(C)(C)NCCCN)NCCCN. The summed E-state index contributed by atoms with van der Waals surface area (Å²) in [5.74, 6) is 0. The van der Waals surface area contributed by atoms with Crippen LogP contribution in [0.5, 0.6) is 0 Å². The first-order valence-electron chi connectivity index (χ1n) is 7.23. The van der Waals surface area contributed by atoms with E-state index in [2.05, 4.69) is 38.3 Å². The zero-order chi connectivity index (χ0) is 14.1. The molecule has 0 aliphatic carbocycles. The Labute approximate surface area is 113 Å². The molecular weight excluding hydrogens is 224 g/mol. The van der Waals surface area contributed by atoms with Gasteiger partial charge in [-0.3, -0.25) is 0 Å². The Morgan fingerprint density at radius 3 is 1.33 bits per heavy atom. The average Bonchev–Trinajstić information content (AvgIpc) is 2.27. The standard InChI is InChI=1S/C14H34N4/c1-13(2,17-11-5-9-15)7-8-14(3,4)18-12-6-10-16/h17-18H,5-12,15-16H2,1-4H3. The van der Waals surface area contributed by atoms with E-state index in [0.29, 0.717) is 0 Å². The monoisotopic (exact) mass is 258 g/mol. The lowest BCUT2D eigenvalue weighted by Crippen LogP contribution is -2.45. The van der Waals surface area contributed by atoms with E-state index in [-0.39, 0.29) is 11.1 Å². The van der Waals surface area contributed by atoms with E-state index >= 15 is 0 Å². The van der Waals surface area contributed by atoms with Crippen molar-refractivity contribution >= 4 is 0 Å². The van der Waals surface area contributed by atoms with E-state index in [4.69, 9.17) is 11.5 Å². The summed E-state index contributed by atoms with van der Waals surface area (Å²) in [6, 6.07) is 0. The van der Waals surface area contributed by atoms with E-state index in [1.807, 2.05) is 0 Å². The lowest BCUT2D eigenvalue weighted by atomic mass is 9.89. The molecular formula is C14H34N4. The smallest absolute Gasteiger partial charge is 0.0125 e. The minimum Gasteiger partial charge on any atom is -0.330 e. The molecule has 0 saturated carbocycles. The third kappa shape index (κ3) is 9.83. The van der Waals surface area contributed by atoms with Crippen LogP contribution in [0, 0.1) is 0 Å². The van der Waals surface area contributed by atoms with Gasteiger partial charge in [-0.2, -0.15) is 0 Å². The van der Waals surface area contributed by atoms with Crippen molar-refractivity contribution in [1.29, 1.82) is 0 Å². The Balaban J connectivity index is 3.88. The Morgan fingerprint density at radius 2 is 1.06 bits per heavy atom. The number of rotatable bonds is 11. The first kappa shape index (κ1) is 17.8. The van der Waals surface area contributed by atoms with Crippen LogP contribution in [-0.2, 0) is 0 Å². The summed E-state index contributed by atoms with van der Waals surface area (Å²) in [7, 11) is 0. The van der Waals surface area contributed by atoms with Crippen molar-refractivity contribution in [2.75, 3.05) is 26.2 Å². The van der Waals surface area contributed by atoms with Crippen LogP contribution < -0.4 is 22.1 Å². The molecule has 0 fully saturated rings. The maximum Gasteiger partial charge on any atom is 0.0125 e. The molecule has 0 heterocycles. The summed E-state index contributed by atoms with van der Waals surface area (Å²) in [6.45, 7) is 12.6. The van der Waals surface area contributed by atoms with Gasteiger partial charge in [0, 0.05) is 11.1 Å². The summed E-state index contributed by atoms with van der Waals surface area (Å²) in [6.07, 6.45) is 4.39. The van der Waals surface area contributed by atoms with Crippen LogP contribution in [-0.4, -0.2) is 37.3 Å². The highest BCUT2D eigenvalue weighted by molar-refractivity contribution is 4.85. The summed E-state index contributed by atoms with van der Waals surface area (Å²) in [4.78, 5) is 0. The van der Waals surface area contributed by atoms with Gasteiger partial charge in [0.15, 0.2) is 0 Å². The highest BCUT2D eigenvalue weighted by Gasteiger charge is 2.23. The lowest BCUT2D eigenvalue weighted by Gasteiger charge is -2.33. The second kappa shape index (κ2) is 8.86. The molecule has 0 unspecified atom stereocenters. The van der Waals surface area contributed by atoms with Crippen molar-refractivity contribution in [3.8, 4) is 0 Å². The van der Waals surface area contributed by atoms with Crippen LogP contribution in [0.4, 0.5) is 0 Å². The Kier molecular flexibility index (Phi) is 8.78. The molecule has 0 amide bonds. The Bertz CT molecular complexity index is 180. The van der Waals surface area contributed by atoms with Crippen LogP contribution >= 0.6 is 0 Å². The van der Waals surface area contributed by atoms with Gasteiger partial charge in [0.2, 0.25) is 0 Å². The van der Waals surface area contributed by atoms with Crippen LogP contribution in [0.15, 0.2) is 0 Å². The van der Waals surface area contributed by atoms with Gasteiger partial charge < -0.3 is 22.1 Å². The van der Waals surface area contributed by atoms with Gasteiger partial charge in [-0.1, -0.05) is 0 Å². The first-order valence-corrected chi connectivity index (χ1v) is 7.23. The molecule has 0 bridgehead atoms. The molecule has 0 atom stereocenters. The molecule has 0 aromatic heterocycles. The van der Waals surface area contributed by atoms with E-state index in [1.54, 1.807) is 0 Å². The van der Waals surface area contributed by atoms with E-state index in [0.717, 1.165) is 51.9 Å². The maximum absolute atomic E-state index is 5.51. The van der Waals surface area contributed by atoms with Gasteiger partial charge in [-0.15, -0.1) is 0 Å². The molecule has 18 heavy (non-hydrogen) atoms. The average molecular weight is 258 g/mol. The van der Waals surface area contributed by atoms with Crippen LogP contribution in [0.1, 0.15) is 53.4 Å². The lowest BCUT2D eigenvalue weighted by molar-refractivity contribution is 0.281. The van der Waals surface area contributed by atoms with Crippen molar-refractivity contribution in [1.82, 2.24) is 10.6 Å². The summed E-state index contributed by atoms with van der Waals surface area (Å²) < 4.78 is 0. The minimum atomic E-state index is 0.183. The molecule has 0 aromatic rings. The number of nitrogens with one attached hydrogen (secondary N) is 2. The molecule has 0 aromatic carbocycles. The third-order valence-corrected chi connectivity index (χ3v) is 3.34. The summed E-state index contributed by atoms with van der Waals surface area (Å²) in [5, 5.41) is 7.14. The Morgan fingerprint density at radius 1 is 0.722 bits per heavy atom. The van der Waals surface area contributed by atoms with Crippen LogP contribution in [0.2, 0.25) is 0 Å². The molecule has 0 aliphatic rings. The highest BCUT2D eigenvalue weighted by Crippen LogP contribution is 2.19. The predicted octanol–water partition coefficient (Wildman–Crippen LogP) is 1.20. The molecule has 0 rings (SSSR count). The zero-order valence-corrected chi connectivity index (χ0v) is 12.8. The molecule has 0 spiro atoms. The molecule has 0 radical (unpaired) electrons. The van der Waals surface area contributed by atoms with Crippen molar-refractivity contribution < 1.29 is 0 Å². The van der Waals surface area contributed by atoms with Gasteiger partial charge in [0.25, 0.3) is 0 Å². The van der Waals surface area contributed by atoms with Gasteiger partial charge >= 0.3 is 0 Å². The van der Waals surface area contributed by atoms with Crippen molar-refractivity contribution in [2.24, 2.45) is 11.5 Å². The van der Waals surface area contributed by atoms with Crippen LogP contribution in [0.25, 0.3) is 0 Å². The van der Waals surface area contributed by atoms with Gasteiger partial charge in [-0.25, -0.2) is 0 Å². The maximum atomic E-state index is 5.51. The predicted molar refractivity (Wildman–Crippen MR) is 80.7 cm³/mol. The molecule has 0 saturated heterocycles. The topological polar surface area (TPSA) is 76.1 Å². The second-order valence-corrected chi connectivity index (χ2v) is 6.41. The van der Waals surface area contributed by atoms with Gasteiger partial charge in [0.1, 0.15) is 0 Å². The van der Waals surface area contributed by atoms with Crippen LogP contribution in [0.3, 0.4) is 0 Å². The van der Waals surface area contributed by atoms with E-state index < -0.39 is 0 Å². The van der Waals surface area contributed by atoms with Gasteiger partial charge in [-0.05, 0) is 79.6 Å². The van der Waals surface area contributed by atoms with E-state index in [9.17, 15) is 0 Å². The third-order valence-electron chi connectivity index (χ3n) is 3.34. The fourth-order valence-electron chi connectivity index (χ4n) is 1.86. The number of nitrogens with two attached hydrogens (primary N) is 2. The van der Waals surface area contributed by atoms with Crippen molar-refractivity contribution in [2.45, 2.75) is 64.5 Å². The quantitative estimate of drug-likeness (QED) is 0.420. The molecule has 6 N–H and O–H groups in total. The zero-order valence-electron chi connectivity index (χ0n) is 12.8. The molecule has 4 heteroatoms. The minimum absolute atomic E-state index is 0.183. The van der Waals surface area contributed by atoms with E-state index in [1.165, 1.54) is 0 Å². The summed E-state index contributed by atoms with van der Waals surface area (Å²) >= 11 is 0. The first-order chi connectivity index (χ1) is 8.33. The molecule has 110 valence electrons. The normalized spacial score (nSPS) is 13.0. The highest BCUT2D eigenvalue weighted by atomic mass is 15.0. The van der Waals surface area contributed by atoms with Gasteiger partial charge in [0.05, 0.1) is 0 Å². The van der Waals surface area contributed by atoms with Crippen molar-refractivity contribution in [3.63, 3.8) is 0 Å². The number of hydrogen-bond acceptors (Lipinski definition) is 4. The number of hydrogen-bond donors (Lipinski definition) is 4. The fourth-order valence-corrected chi connectivity index (χ4v) is 1.86. The molecule has 4 nitrogen and oxygen atoms in total.